The van der Waals surface area contributed by atoms with Crippen molar-refractivity contribution in [1.29, 1.82) is 0 Å². The zero-order valence-corrected chi connectivity index (χ0v) is 12.5. The molecule has 0 aliphatic carbocycles. The van der Waals surface area contributed by atoms with E-state index in [0.29, 0.717) is 5.82 Å². The largest absolute Gasteiger partial charge is 0.382 e. The van der Waals surface area contributed by atoms with E-state index in [4.69, 9.17) is 5.73 Å². The van der Waals surface area contributed by atoms with E-state index in [2.05, 4.69) is 65.5 Å². The highest BCUT2D eigenvalue weighted by molar-refractivity contribution is 5.94. The molecule has 2 aromatic carbocycles. The van der Waals surface area contributed by atoms with Crippen LogP contribution in [0.15, 0.2) is 42.6 Å². The highest BCUT2D eigenvalue weighted by Crippen LogP contribution is 2.30. The van der Waals surface area contributed by atoms with Gasteiger partial charge in [-0.15, -0.1) is 0 Å². The van der Waals surface area contributed by atoms with Gasteiger partial charge in [0.05, 0.1) is 17.2 Å². The number of fused-ring (bicyclic) bond motifs is 2. The number of nitrogens with zero attached hydrogens (tertiary/aromatic N) is 3. The Bertz CT molecular complexity index is 977. The van der Waals surface area contributed by atoms with Gasteiger partial charge in [0.1, 0.15) is 0 Å². The number of hydrogen-bond donors (Lipinski definition) is 2. The standard InChI is InChI=1S/C17H17N5/c1-10(2)22-16-6-5-11(7-14(16)17(18)21-22)12-3-4-13-9-19-20-15(13)8-12/h3-10H,1-2H3,(H2,18,21)(H,19,20). The first-order valence-electron chi connectivity index (χ1n) is 7.35. The smallest absolute Gasteiger partial charge is 0.153 e. The lowest BCUT2D eigenvalue weighted by atomic mass is 10.0. The number of hydrogen-bond acceptors (Lipinski definition) is 3. The predicted octanol–water partition coefficient (Wildman–Crippen LogP) is 3.74. The van der Waals surface area contributed by atoms with Crippen molar-refractivity contribution in [3.8, 4) is 11.1 Å². The first-order valence-corrected chi connectivity index (χ1v) is 7.35. The molecular formula is C17H17N5. The van der Waals surface area contributed by atoms with E-state index in [1.165, 1.54) is 0 Å². The molecule has 0 aliphatic heterocycles. The quantitative estimate of drug-likeness (QED) is 0.591. The summed E-state index contributed by atoms with van der Waals surface area (Å²) in [6, 6.07) is 12.9. The molecular weight excluding hydrogens is 274 g/mol. The highest BCUT2D eigenvalue weighted by atomic mass is 15.3. The lowest BCUT2D eigenvalue weighted by molar-refractivity contribution is 0.553. The third-order valence-corrected chi connectivity index (χ3v) is 4.00. The Morgan fingerprint density at radius 1 is 1.09 bits per heavy atom. The van der Waals surface area contributed by atoms with Gasteiger partial charge in [0.2, 0.25) is 0 Å². The third-order valence-electron chi connectivity index (χ3n) is 4.00. The maximum Gasteiger partial charge on any atom is 0.153 e. The molecule has 0 saturated carbocycles. The number of nitrogens with two attached hydrogens (primary N) is 1. The predicted molar refractivity (Wildman–Crippen MR) is 89.6 cm³/mol. The molecule has 0 aliphatic rings. The molecule has 0 spiro atoms. The van der Waals surface area contributed by atoms with Crippen LogP contribution in [0.5, 0.6) is 0 Å². The van der Waals surface area contributed by atoms with Crippen LogP contribution in [0.4, 0.5) is 5.82 Å². The fourth-order valence-corrected chi connectivity index (χ4v) is 2.85. The molecule has 2 aromatic heterocycles. The summed E-state index contributed by atoms with van der Waals surface area (Å²) < 4.78 is 1.96. The third kappa shape index (κ3) is 1.86. The van der Waals surface area contributed by atoms with Gasteiger partial charge in [0.25, 0.3) is 0 Å². The molecule has 3 N–H and O–H groups in total. The van der Waals surface area contributed by atoms with Crippen LogP contribution in [0.3, 0.4) is 0 Å². The van der Waals surface area contributed by atoms with Gasteiger partial charge in [-0.05, 0) is 43.2 Å². The van der Waals surface area contributed by atoms with Crippen LogP contribution in [0, 0.1) is 0 Å². The maximum atomic E-state index is 6.09. The van der Waals surface area contributed by atoms with Crippen molar-refractivity contribution < 1.29 is 0 Å². The maximum absolute atomic E-state index is 6.09. The van der Waals surface area contributed by atoms with Crippen LogP contribution < -0.4 is 5.73 Å². The van der Waals surface area contributed by atoms with Crippen LogP contribution in [0.2, 0.25) is 0 Å². The van der Waals surface area contributed by atoms with Crippen molar-refractivity contribution >= 4 is 27.6 Å². The van der Waals surface area contributed by atoms with Gasteiger partial charge in [0.15, 0.2) is 5.82 Å². The zero-order chi connectivity index (χ0) is 15.3. The van der Waals surface area contributed by atoms with Gasteiger partial charge in [-0.1, -0.05) is 18.2 Å². The van der Waals surface area contributed by atoms with E-state index in [9.17, 15) is 0 Å². The summed E-state index contributed by atoms with van der Waals surface area (Å²) in [7, 11) is 0. The van der Waals surface area contributed by atoms with Crippen molar-refractivity contribution in [1.82, 2.24) is 20.0 Å². The normalized spacial score (nSPS) is 11.8. The molecule has 2 heterocycles. The second-order valence-corrected chi connectivity index (χ2v) is 5.83. The van der Waals surface area contributed by atoms with E-state index in [1.54, 1.807) is 0 Å². The monoisotopic (exact) mass is 291 g/mol. The first kappa shape index (κ1) is 12.9. The Hall–Kier alpha value is -2.82. The molecule has 4 rings (SSSR count). The van der Waals surface area contributed by atoms with Gasteiger partial charge in [0, 0.05) is 16.8 Å². The second-order valence-electron chi connectivity index (χ2n) is 5.83. The number of nitrogens with one attached hydrogen (secondary N) is 1. The average Bonchev–Trinajstić information content (AvgIpc) is 3.11. The summed E-state index contributed by atoms with van der Waals surface area (Å²) in [5, 5.41) is 13.6. The number of H-pyrrole nitrogens is 1. The lowest BCUT2D eigenvalue weighted by Gasteiger charge is -2.07. The summed E-state index contributed by atoms with van der Waals surface area (Å²) >= 11 is 0. The van der Waals surface area contributed by atoms with Crippen LogP contribution in [-0.4, -0.2) is 20.0 Å². The summed E-state index contributed by atoms with van der Waals surface area (Å²) in [5.41, 5.74) is 10.4. The Morgan fingerprint density at radius 2 is 1.86 bits per heavy atom. The van der Waals surface area contributed by atoms with Crippen molar-refractivity contribution in [2.45, 2.75) is 19.9 Å². The minimum absolute atomic E-state index is 0.284. The molecule has 110 valence electrons. The van der Waals surface area contributed by atoms with Gasteiger partial charge in [-0.25, -0.2) is 0 Å². The van der Waals surface area contributed by atoms with Crippen LogP contribution in [-0.2, 0) is 0 Å². The Morgan fingerprint density at radius 3 is 2.68 bits per heavy atom. The fraction of sp³-hybridized carbons (Fsp3) is 0.176. The molecule has 22 heavy (non-hydrogen) atoms. The van der Waals surface area contributed by atoms with E-state index >= 15 is 0 Å². The number of aromatic amines is 1. The SMILES string of the molecule is CC(C)n1nc(N)c2cc(-c3ccc4cn[nH]c4c3)ccc21. The number of anilines is 1. The average molecular weight is 291 g/mol. The molecule has 0 atom stereocenters. The molecule has 0 saturated heterocycles. The van der Waals surface area contributed by atoms with E-state index in [-0.39, 0.29) is 6.04 Å². The molecule has 0 unspecified atom stereocenters. The lowest BCUT2D eigenvalue weighted by Crippen LogP contribution is -2.02. The van der Waals surface area contributed by atoms with Crippen LogP contribution in [0.1, 0.15) is 19.9 Å². The molecule has 0 fully saturated rings. The Labute approximate surface area is 127 Å². The van der Waals surface area contributed by atoms with Crippen molar-refractivity contribution in [3.05, 3.63) is 42.6 Å². The zero-order valence-electron chi connectivity index (χ0n) is 12.5. The Balaban J connectivity index is 1.90. The Kier molecular flexibility index (Phi) is 2.69. The minimum atomic E-state index is 0.284. The molecule has 0 bridgehead atoms. The molecule has 5 nitrogen and oxygen atoms in total. The fourth-order valence-electron chi connectivity index (χ4n) is 2.85. The topological polar surface area (TPSA) is 72.5 Å². The van der Waals surface area contributed by atoms with Gasteiger partial charge >= 0.3 is 0 Å². The molecule has 0 radical (unpaired) electrons. The summed E-state index contributed by atoms with van der Waals surface area (Å²) in [5.74, 6) is 0.577. The van der Waals surface area contributed by atoms with Gasteiger partial charge in [-0.2, -0.15) is 10.2 Å². The van der Waals surface area contributed by atoms with Gasteiger partial charge in [-0.3, -0.25) is 9.78 Å². The number of nitrogen functional groups attached to an aromatic ring is 1. The number of aromatic nitrogens is 4. The van der Waals surface area contributed by atoms with E-state index in [1.807, 2.05) is 10.9 Å². The molecule has 0 amide bonds. The second kappa shape index (κ2) is 4.59. The highest BCUT2D eigenvalue weighted by Gasteiger charge is 2.11. The van der Waals surface area contributed by atoms with Crippen molar-refractivity contribution in [2.75, 3.05) is 5.73 Å². The van der Waals surface area contributed by atoms with E-state index in [0.717, 1.165) is 32.9 Å². The molecule has 4 aromatic rings. The number of rotatable bonds is 2. The van der Waals surface area contributed by atoms with Gasteiger partial charge < -0.3 is 5.73 Å². The van der Waals surface area contributed by atoms with Crippen LogP contribution >= 0.6 is 0 Å². The first-order chi connectivity index (χ1) is 10.6. The van der Waals surface area contributed by atoms with E-state index < -0.39 is 0 Å². The minimum Gasteiger partial charge on any atom is -0.382 e. The summed E-state index contributed by atoms with van der Waals surface area (Å²) in [6.45, 7) is 4.21. The summed E-state index contributed by atoms with van der Waals surface area (Å²) in [4.78, 5) is 0. The number of benzene rings is 2. The molecule has 5 heteroatoms. The summed E-state index contributed by atoms with van der Waals surface area (Å²) in [6.07, 6.45) is 1.83. The van der Waals surface area contributed by atoms with Crippen molar-refractivity contribution in [3.63, 3.8) is 0 Å². The van der Waals surface area contributed by atoms with Crippen LogP contribution in [0.25, 0.3) is 32.9 Å². The van der Waals surface area contributed by atoms with Crippen molar-refractivity contribution in [2.24, 2.45) is 0 Å².